The Bertz CT molecular complexity index is 891. The van der Waals surface area contributed by atoms with Crippen molar-refractivity contribution in [3.8, 4) is 5.75 Å². The van der Waals surface area contributed by atoms with Crippen LogP contribution in [0.1, 0.15) is 44.8 Å². The number of benzene rings is 1. The van der Waals surface area contributed by atoms with Crippen molar-refractivity contribution in [2.24, 2.45) is 0 Å². The molecule has 1 aliphatic heterocycles. The number of ketones is 1. The summed E-state index contributed by atoms with van der Waals surface area (Å²) in [5.41, 5.74) is 1.72. The Hall–Kier alpha value is -2.89. The van der Waals surface area contributed by atoms with Gasteiger partial charge in [-0.15, -0.1) is 0 Å². The van der Waals surface area contributed by atoms with Crippen molar-refractivity contribution in [3.05, 3.63) is 63.1 Å². The second-order valence-electron chi connectivity index (χ2n) is 6.44. The number of hydrogen-bond donors (Lipinski definition) is 2. The van der Waals surface area contributed by atoms with Gasteiger partial charge in [0.1, 0.15) is 17.4 Å². The van der Waals surface area contributed by atoms with Gasteiger partial charge < -0.3 is 15.0 Å². The molecule has 1 aliphatic carbocycles. The van der Waals surface area contributed by atoms with E-state index in [4.69, 9.17) is 4.74 Å². The fraction of sp³-hybridized carbons (Fsp3) is 0.316. The second kappa shape index (κ2) is 6.20. The normalized spacial score (nSPS) is 18.2. The lowest BCUT2D eigenvalue weighted by Crippen LogP contribution is -2.37. The number of aryl methyl sites for hydroxylation is 1. The van der Waals surface area contributed by atoms with Crippen LogP contribution in [0.25, 0.3) is 0 Å². The molecule has 0 unspecified atom stereocenters. The lowest BCUT2D eigenvalue weighted by Gasteiger charge is -2.16. The van der Waals surface area contributed by atoms with Crippen molar-refractivity contribution in [2.75, 3.05) is 6.54 Å². The van der Waals surface area contributed by atoms with Gasteiger partial charge in [0.25, 0.3) is 11.5 Å². The lowest BCUT2D eigenvalue weighted by atomic mass is 9.93. The first-order chi connectivity index (χ1) is 12.1. The number of para-hydroxylation sites is 1. The van der Waals surface area contributed by atoms with E-state index in [0.717, 1.165) is 24.2 Å². The Morgan fingerprint density at radius 3 is 2.92 bits per heavy atom. The fourth-order valence-electron chi connectivity index (χ4n) is 3.41. The topological polar surface area (TPSA) is 88.3 Å². The van der Waals surface area contributed by atoms with Gasteiger partial charge in [0.15, 0.2) is 5.78 Å². The van der Waals surface area contributed by atoms with Gasteiger partial charge in [0, 0.05) is 24.1 Å². The first-order valence-electron chi connectivity index (χ1n) is 8.44. The van der Waals surface area contributed by atoms with Crippen LogP contribution in [-0.4, -0.2) is 29.3 Å². The monoisotopic (exact) mass is 338 g/mol. The van der Waals surface area contributed by atoms with Crippen molar-refractivity contribution in [1.29, 1.82) is 0 Å². The summed E-state index contributed by atoms with van der Waals surface area (Å²) in [5, 5.41) is 2.74. The third-order valence-corrected chi connectivity index (χ3v) is 4.70. The Kier molecular flexibility index (Phi) is 3.87. The van der Waals surface area contributed by atoms with Gasteiger partial charge in [0.05, 0.1) is 6.54 Å². The van der Waals surface area contributed by atoms with E-state index < -0.39 is 11.5 Å². The molecule has 2 aromatic rings. The molecule has 1 amide bonds. The molecule has 2 heterocycles. The average molecular weight is 338 g/mol. The smallest absolute Gasteiger partial charge is 0.261 e. The molecule has 0 saturated carbocycles. The van der Waals surface area contributed by atoms with E-state index >= 15 is 0 Å². The maximum atomic E-state index is 12.4. The molecule has 2 N–H and O–H groups in total. The van der Waals surface area contributed by atoms with Gasteiger partial charge in [-0.1, -0.05) is 18.2 Å². The Morgan fingerprint density at radius 1 is 1.24 bits per heavy atom. The summed E-state index contributed by atoms with van der Waals surface area (Å²) in [5.74, 6) is 0.321. The molecule has 128 valence electrons. The van der Waals surface area contributed by atoms with Crippen molar-refractivity contribution < 1.29 is 14.3 Å². The Morgan fingerprint density at radius 2 is 2.08 bits per heavy atom. The molecule has 4 rings (SSSR count). The van der Waals surface area contributed by atoms with Crippen LogP contribution in [0.3, 0.4) is 0 Å². The summed E-state index contributed by atoms with van der Waals surface area (Å²) < 4.78 is 5.78. The molecule has 0 fully saturated rings. The molecule has 1 aromatic carbocycles. The molecule has 0 bridgehead atoms. The highest BCUT2D eigenvalue weighted by molar-refractivity contribution is 6.01. The Labute approximate surface area is 144 Å². The van der Waals surface area contributed by atoms with Gasteiger partial charge in [-0.05, 0) is 30.5 Å². The van der Waals surface area contributed by atoms with Gasteiger partial charge in [-0.25, -0.2) is 0 Å². The van der Waals surface area contributed by atoms with Gasteiger partial charge in [-0.3, -0.25) is 14.4 Å². The van der Waals surface area contributed by atoms with Crippen LogP contribution in [0.4, 0.5) is 0 Å². The summed E-state index contributed by atoms with van der Waals surface area (Å²) >= 11 is 0. The van der Waals surface area contributed by atoms with Crippen LogP contribution in [-0.2, 0) is 12.8 Å². The molecule has 0 spiro atoms. The van der Waals surface area contributed by atoms with E-state index in [1.807, 2.05) is 24.3 Å². The zero-order chi connectivity index (χ0) is 17.4. The highest BCUT2D eigenvalue weighted by atomic mass is 16.5. The van der Waals surface area contributed by atoms with Crippen LogP contribution >= 0.6 is 0 Å². The fourth-order valence-corrected chi connectivity index (χ4v) is 3.41. The molecule has 6 heteroatoms. The van der Waals surface area contributed by atoms with Crippen molar-refractivity contribution in [2.45, 2.75) is 31.8 Å². The predicted octanol–water partition coefficient (Wildman–Crippen LogP) is 1.63. The average Bonchev–Trinajstić information content (AvgIpc) is 3.02. The molecule has 25 heavy (non-hydrogen) atoms. The van der Waals surface area contributed by atoms with Crippen LogP contribution in [0, 0.1) is 0 Å². The van der Waals surface area contributed by atoms with Gasteiger partial charge in [0.2, 0.25) is 0 Å². The van der Waals surface area contributed by atoms with E-state index in [9.17, 15) is 14.4 Å². The van der Waals surface area contributed by atoms with E-state index in [1.54, 1.807) is 0 Å². The first kappa shape index (κ1) is 15.6. The highest BCUT2D eigenvalue weighted by Crippen LogP contribution is 2.27. The van der Waals surface area contributed by atoms with Crippen molar-refractivity contribution in [1.82, 2.24) is 10.3 Å². The summed E-state index contributed by atoms with van der Waals surface area (Å²) in [7, 11) is 0. The number of ether oxygens (including phenoxy) is 1. The molecule has 1 aromatic heterocycles. The lowest BCUT2D eigenvalue weighted by molar-refractivity contribution is 0.0932. The number of Topliss-reactive ketones (excluding diaryl/α,β-unsaturated/α-hetero) is 1. The van der Waals surface area contributed by atoms with Gasteiger partial charge >= 0.3 is 0 Å². The van der Waals surface area contributed by atoms with E-state index in [2.05, 4.69) is 10.3 Å². The van der Waals surface area contributed by atoms with Crippen molar-refractivity contribution in [3.63, 3.8) is 0 Å². The number of pyridine rings is 1. The first-order valence-corrected chi connectivity index (χ1v) is 8.44. The summed E-state index contributed by atoms with van der Waals surface area (Å²) in [6.07, 6.45) is 2.41. The molecule has 2 aliphatic rings. The number of aromatic amines is 1. The summed E-state index contributed by atoms with van der Waals surface area (Å²) in [6, 6.07) is 9.18. The third kappa shape index (κ3) is 2.95. The van der Waals surface area contributed by atoms with Crippen LogP contribution in [0.5, 0.6) is 5.75 Å². The van der Waals surface area contributed by atoms with E-state index in [1.165, 1.54) is 6.07 Å². The Balaban J connectivity index is 1.46. The van der Waals surface area contributed by atoms with Crippen LogP contribution in [0.15, 0.2) is 35.1 Å². The SMILES string of the molecule is O=C1CCCc2[nH]c(=O)c(C(=O)NC[C@@H]3Cc4ccccc4O3)cc21. The standard InChI is InChI=1S/C19H18N2O4/c22-16-6-3-5-15-13(16)9-14(19(24)21-15)18(23)20-10-12-8-11-4-1-2-7-17(11)25-12/h1-2,4,7,9,12H,3,5-6,8,10H2,(H,20,23)(H,21,24)/t12-/m0/s1. The highest BCUT2D eigenvalue weighted by Gasteiger charge is 2.25. The molecule has 6 nitrogen and oxygen atoms in total. The van der Waals surface area contributed by atoms with E-state index in [-0.39, 0.29) is 17.5 Å². The largest absolute Gasteiger partial charge is 0.488 e. The number of aromatic nitrogens is 1. The van der Waals surface area contributed by atoms with Crippen LogP contribution < -0.4 is 15.6 Å². The molecule has 0 radical (unpaired) electrons. The van der Waals surface area contributed by atoms with Crippen LogP contribution in [0.2, 0.25) is 0 Å². The quantitative estimate of drug-likeness (QED) is 0.890. The minimum absolute atomic E-state index is 0.0236. The number of nitrogens with one attached hydrogen (secondary N) is 2. The number of H-pyrrole nitrogens is 1. The minimum Gasteiger partial charge on any atom is -0.488 e. The second-order valence-corrected chi connectivity index (χ2v) is 6.44. The van der Waals surface area contributed by atoms with E-state index in [0.29, 0.717) is 30.6 Å². The van der Waals surface area contributed by atoms with Gasteiger partial charge in [-0.2, -0.15) is 0 Å². The summed E-state index contributed by atoms with van der Waals surface area (Å²) in [4.78, 5) is 39.2. The molecular formula is C19H18N2O4. The maximum Gasteiger partial charge on any atom is 0.261 e. The molecule has 1 atom stereocenters. The zero-order valence-corrected chi connectivity index (χ0v) is 13.6. The number of carbonyl (C=O) groups excluding carboxylic acids is 2. The third-order valence-electron chi connectivity index (χ3n) is 4.70. The van der Waals surface area contributed by atoms with Crippen molar-refractivity contribution >= 4 is 11.7 Å². The molecular weight excluding hydrogens is 320 g/mol. The number of hydrogen-bond acceptors (Lipinski definition) is 4. The number of rotatable bonds is 3. The number of fused-ring (bicyclic) bond motifs is 2. The predicted molar refractivity (Wildman–Crippen MR) is 91.2 cm³/mol. The number of carbonyl (C=O) groups is 2. The number of amides is 1. The summed E-state index contributed by atoms with van der Waals surface area (Å²) in [6.45, 7) is 0.304. The zero-order valence-electron chi connectivity index (χ0n) is 13.6. The minimum atomic E-state index is -0.484. The maximum absolute atomic E-state index is 12.4. The molecule has 0 saturated heterocycles.